The molecule has 0 unspecified atom stereocenters. The molecule has 0 bridgehead atoms. The van der Waals surface area contributed by atoms with Crippen LogP contribution in [-0.2, 0) is 0 Å². The first kappa shape index (κ1) is 16.3. The first-order chi connectivity index (χ1) is 8.20. The van der Waals surface area contributed by atoms with Crippen molar-refractivity contribution in [2.75, 3.05) is 0 Å². The molecule has 0 aliphatic carbocycles. The highest BCUT2D eigenvalue weighted by Gasteiger charge is 2.09. The third-order valence-corrected chi connectivity index (χ3v) is 3.16. The van der Waals surface area contributed by atoms with Crippen molar-refractivity contribution in [2.24, 2.45) is 5.73 Å². The second-order valence-corrected chi connectivity index (χ2v) is 4.90. The van der Waals surface area contributed by atoms with E-state index in [2.05, 4.69) is 19.2 Å². The minimum Gasteiger partial charge on any atom is -0.352 e. The van der Waals surface area contributed by atoms with Crippen LogP contribution in [0, 0.1) is 0 Å². The molecule has 0 spiro atoms. The van der Waals surface area contributed by atoms with E-state index in [1.54, 1.807) is 0 Å². The molecular formula is C14H30N2O. The number of primary amides is 1. The van der Waals surface area contributed by atoms with Gasteiger partial charge in [-0.05, 0) is 12.8 Å². The zero-order chi connectivity index (χ0) is 12.9. The van der Waals surface area contributed by atoms with Crippen LogP contribution >= 0.6 is 0 Å². The second-order valence-electron chi connectivity index (χ2n) is 4.90. The monoisotopic (exact) mass is 242 g/mol. The molecule has 0 heterocycles. The van der Waals surface area contributed by atoms with Crippen LogP contribution in [-0.4, -0.2) is 12.1 Å². The molecule has 3 N–H and O–H groups in total. The summed E-state index contributed by atoms with van der Waals surface area (Å²) < 4.78 is 0. The molecule has 17 heavy (non-hydrogen) atoms. The highest BCUT2D eigenvalue weighted by molar-refractivity contribution is 5.71. The fourth-order valence-corrected chi connectivity index (χ4v) is 2.12. The third kappa shape index (κ3) is 11.5. The SMILES string of the molecule is CCCCCCC(CCCCCC)NC(N)=O. The van der Waals surface area contributed by atoms with E-state index in [9.17, 15) is 4.79 Å². The van der Waals surface area contributed by atoms with Crippen LogP contribution in [0.25, 0.3) is 0 Å². The van der Waals surface area contributed by atoms with Gasteiger partial charge in [0.25, 0.3) is 0 Å². The molecule has 0 aromatic carbocycles. The number of carbonyl (C=O) groups is 1. The smallest absolute Gasteiger partial charge is 0.312 e. The summed E-state index contributed by atoms with van der Waals surface area (Å²) in [6.07, 6.45) is 12.2. The Morgan fingerprint density at radius 2 is 1.41 bits per heavy atom. The summed E-state index contributed by atoms with van der Waals surface area (Å²) in [4.78, 5) is 10.9. The molecule has 0 aliphatic rings. The Kier molecular flexibility index (Phi) is 11.2. The van der Waals surface area contributed by atoms with Gasteiger partial charge in [0.1, 0.15) is 0 Å². The largest absolute Gasteiger partial charge is 0.352 e. The lowest BCUT2D eigenvalue weighted by Gasteiger charge is -2.17. The molecule has 2 amide bonds. The highest BCUT2D eigenvalue weighted by atomic mass is 16.2. The van der Waals surface area contributed by atoms with Gasteiger partial charge in [-0.3, -0.25) is 0 Å². The molecule has 0 atom stereocenters. The predicted octanol–water partition coefficient (Wildman–Crippen LogP) is 3.96. The number of hydrogen-bond donors (Lipinski definition) is 2. The van der Waals surface area contributed by atoms with Gasteiger partial charge in [0.15, 0.2) is 0 Å². The van der Waals surface area contributed by atoms with Gasteiger partial charge in [-0.15, -0.1) is 0 Å². The highest BCUT2D eigenvalue weighted by Crippen LogP contribution is 2.12. The van der Waals surface area contributed by atoms with Crippen molar-refractivity contribution in [2.45, 2.75) is 84.1 Å². The average molecular weight is 242 g/mol. The number of nitrogens with two attached hydrogens (primary N) is 1. The van der Waals surface area contributed by atoms with Gasteiger partial charge in [0.05, 0.1) is 0 Å². The molecule has 0 rings (SSSR count). The fraction of sp³-hybridized carbons (Fsp3) is 0.929. The number of unbranched alkanes of at least 4 members (excludes halogenated alkanes) is 6. The van der Waals surface area contributed by atoms with Crippen molar-refractivity contribution >= 4 is 6.03 Å². The van der Waals surface area contributed by atoms with E-state index in [-0.39, 0.29) is 6.03 Å². The second kappa shape index (κ2) is 11.7. The van der Waals surface area contributed by atoms with E-state index in [4.69, 9.17) is 5.73 Å². The number of amides is 2. The number of rotatable bonds is 11. The molecule has 0 saturated carbocycles. The Balaban J connectivity index is 3.68. The lowest BCUT2D eigenvalue weighted by Crippen LogP contribution is -2.38. The summed E-state index contributed by atoms with van der Waals surface area (Å²) >= 11 is 0. The summed E-state index contributed by atoms with van der Waals surface area (Å²) in [5.41, 5.74) is 5.20. The molecule has 0 aliphatic heterocycles. The molecule has 0 aromatic heterocycles. The van der Waals surface area contributed by atoms with Crippen molar-refractivity contribution in [3.63, 3.8) is 0 Å². The van der Waals surface area contributed by atoms with Gasteiger partial charge in [-0.25, -0.2) is 4.79 Å². The molecule has 0 fully saturated rings. The van der Waals surface area contributed by atoms with E-state index >= 15 is 0 Å². The maximum atomic E-state index is 10.9. The Morgan fingerprint density at radius 3 is 1.76 bits per heavy atom. The Bertz CT molecular complexity index is 171. The first-order valence-corrected chi connectivity index (χ1v) is 7.26. The van der Waals surface area contributed by atoms with Crippen LogP contribution < -0.4 is 11.1 Å². The van der Waals surface area contributed by atoms with Crippen molar-refractivity contribution in [1.82, 2.24) is 5.32 Å². The summed E-state index contributed by atoms with van der Waals surface area (Å²) in [6, 6.07) is -0.0813. The van der Waals surface area contributed by atoms with Crippen LogP contribution in [0.1, 0.15) is 78.1 Å². The summed E-state index contributed by atoms with van der Waals surface area (Å²) in [6.45, 7) is 4.42. The van der Waals surface area contributed by atoms with Crippen molar-refractivity contribution < 1.29 is 4.79 Å². The topological polar surface area (TPSA) is 55.1 Å². The van der Waals surface area contributed by atoms with E-state index < -0.39 is 0 Å². The number of carbonyl (C=O) groups excluding carboxylic acids is 1. The number of nitrogens with one attached hydrogen (secondary N) is 1. The lowest BCUT2D eigenvalue weighted by molar-refractivity contribution is 0.243. The minimum atomic E-state index is -0.374. The van der Waals surface area contributed by atoms with Crippen LogP contribution in [0.15, 0.2) is 0 Å². The van der Waals surface area contributed by atoms with Crippen LogP contribution in [0.3, 0.4) is 0 Å². The standard InChI is InChI=1S/C14H30N2O/c1-3-5-7-9-11-13(16-14(15)17)12-10-8-6-4-2/h13H,3-12H2,1-2H3,(H3,15,16,17). The average Bonchev–Trinajstić information content (AvgIpc) is 2.29. The van der Waals surface area contributed by atoms with Crippen LogP contribution in [0.4, 0.5) is 4.79 Å². The molecule has 0 radical (unpaired) electrons. The number of hydrogen-bond acceptors (Lipinski definition) is 1. The summed E-state index contributed by atoms with van der Waals surface area (Å²) in [7, 11) is 0. The van der Waals surface area contributed by atoms with Crippen LogP contribution in [0.2, 0.25) is 0 Å². The first-order valence-electron chi connectivity index (χ1n) is 7.26. The van der Waals surface area contributed by atoms with Crippen molar-refractivity contribution in [3.8, 4) is 0 Å². The lowest BCUT2D eigenvalue weighted by atomic mass is 10.0. The predicted molar refractivity (Wildman–Crippen MR) is 74.0 cm³/mol. The van der Waals surface area contributed by atoms with Gasteiger partial charge >= 0.3 is 6.03 Å². The van der Waals surface area contributed by atoms with Gasteiger partial charge in [0, 0.05) is 6.04 Å². The van der Waals surface area contributed by atoms with E-state index in [1.807, 2.05) is 0 Å². The summed E-state index contributed by atoms with van der Waals surface area (Å²) in [5, 5.41) is 2.87. The molecular weight excluding hydrogens is 212 g/mol. The third-order valence-electron chi connectivity index (χ3n) is 3.16. The normalized spacial score (nSPS) is 10.8. The zero-order valence-electron chi connectivity index (χ0n) is 11.6. The fourth-order valence-electron chi connectivity index (χ4n) is 2.12. The molecule has 0 aromatic rings. The maximum absolute atomic E-state index is 10.9. The van der Waals surface area contributed by atoms with Crippen molar-refractivity contribution in [3.05, 3.63) is 0 Å². The molecule has 3 nitrogen and oxygen atoms in total. The zero-order valence-corrected chi connectivity index (χ0v) is 11.6. The van der Waals surface area contributed by atoms with Gasteiger partial charge in [-0.2, -0.15) is 0 Å². The van der Waals surface area contributed by atoms with E-state index in [0.29, 0.717) is 6.04 Å². The van der Waals surface area contributed by atoms with E-state index in [1.165, 1.54) is 51.4 Å². The van der Waals surface area contributed by atoms with Gasteiger partial charge in [0.2, 0.25) is 0 Å². The molecule has 0 saturated heterocycles. The van der Waals surface area contributed by atoms with E-state index in [0.717, 1.165) is 12.8 Å². The van der Waals surface area contributed by atoms with Gasteiger partial charge < -0.3 is 11.1 Å². The Hall–Kier alpha value is -0.730. The Labute approximate surface area is 107 Å². The minimum absolute atomic E-state index is 0.293. The summed E-state index contributed by atoms with van der Waals surface area (Å²) in [5.74, 6) is 0. The number of urea groups is 1. The van der Waals surface area contributed by atoms with Crippen molar-refractivity contribution in [1.29, 1.82) is 0 Å². The van der Waals surface area contributed by atoms with Crippen LogP contribution in [0.5, 0.6) is 0 Å². The Morgan fingerprint density at radius 1 is 0.941 bits per heavy atom. The van der Waals surface area contributed by atoms with Gasteiger partial charge in [-0.1, -0.05) is 65.2 Å². The maximum Gasteiger partial charge on any atom is 0.312 e. The molecule has 102 valence electrons. The quantitative estimate of drug-likeness (QED) is 0.529. The molecule has 3 heteroatoms.